The van der Waals surface area contributed by atoms with Crippen molar-refractivity contribution >= 4 is 54.8 Å². The van der Waals surface area contributed by atoms with Crippen LogP contribution in [-0.4, -0.2) is 100 Å². The van der Waals surface area contributed by atoms with E-state index in [4.69, 9.17) is 29.4 Å². The van der Waals surface area contributed by atoms with Gasteiger partial charge in [0.25, 0.3) is 0 Å². The molecule has 0 radical (unpaired) electrons. The number of aliphatic hydroxyl groups is 1. The molecule has 1 fully saturated rings. The van der Waals surface area contributed by atoms with Gasteiger partial charge < -0.3 is 63.8 Å². The first kappa shape index (κ1) is 38.8. The minimum atomic E-state index is -6.40. The number of phosphoric acid groups is 7. The number of hydrogen-bond donors (Lipinski definition) is 13. The molecular formula is C6H19O27P7. The molecule has 0 spiro atoms. The average molecular weight is 740 g/mol. The van der Waals surface area contributed by atoms with Crippen LogP contribution in [0.4, 0.5) is 0 Å². The maximum absolute atomic E-state index is 12.2. The van der Waals surface area contributed by atoms with Crippen LogP contribution < -0.4 is 0 Å². The van der Waals surface area contributed by atoms with Crippen LogP contribution in [0.1, 0.15) is 0 Å². The molecule has 0 aromatic heterocycles. The Morgan fingerprint density at radius 3 is 0.850 bits per heavy atom. The number of hydrogen-bond acceptors (Lipinski definition) is 15. The van der Waals surface area contributed by atoms with Crippen LogP contribution in [0.3, 0.4) is 0 Å². The van der Waals surface area contributed by atoms with E-state index in [9.17, 15) is 66.4 Å². The lowest BCUT2D eigenvalue weighted by Crippen LogP contribution is -2.66. The van der Waals surface area contributed by atoms with Crippen LogP contribution in [0.5, 0.6) is 0 Å². The third kappa shape index (κ3) is 14.5. The van der Waals surface area contributed by atoms with Gasteiger partial charge in [0.15, 0.2) is 0 Å². The van der Waals surface area contributed by atoms with E-state index in [2.05, 4.69) is 31.2 Å². The van der Waals surface area contributed by atoms with Gasteiger partial charge in [-0.15, -0.1) is 0 Å². The highest BCUT2D eigenvalue weighted by atomic mass is 31.3. The molecule has 1 aliphatic carbocycles. The zero-order valence-corrected chi connectivity index (χ0v) is 24.4. The molecule has 0 saturated heterocycles. The summed E-state index contributed by atoms with van der Waals surface area (Å²) in [6.45, 7) is 0. The third-order valence-corrected chi connectivity index (χ3v) is 9.60. The van der Waals surface area contributed by atoms with Gasteiger partial charge in [0.1, 0.15) is 36.6 Å². The highest BCUT2D eigenvalue weighted by Gasteiger charge is 2.61. The van der Waals surface area contributed by atoms with Gasteiger partial charge in [-0.3, -0.25) is 22.6 Å². The van der Waals surface area contributed by atoms with Gasteiger partial charge in [-0.2, -0.15) is 8.62 Å². The van der Waals surface area contributed by atoms with Crippen molar-refractivity contribution in [3.05, 3.63) is 0 Å². The number of phosphoric ester groups is 5. The van der Waals surface area contributed by atoms with E-state index in [1.54, 1.807) is 0 Å². The zero-order valence-electron chi connectivity index (χ0n) is 18.1. The molecule has 34 heteroatoms. The molecule has 0 aromatic rings. The fourth-order valence-corrected chi connectivity index (χ4v) is 8.07. The zero-order chi connectivity index (χ0) is 31.9. The first-order valence-electron chi connectivity index (χ1n) is 8.76. The first-order valence-corrected chi connectivity index (χ1v) is 19.4. The lowest BCUT2D eigenvalue weighted by atomic mass is 9.85. The molecule has 0 aliphatic heterocycles. The van der Waals surface area contributed by atoms with Crippen molar-refractivity contribution in [2.45, 2.75) is 36.6 Å². The second-order valence-corrected chi connectivity index (χ2v) is 16.0. The summed E-state index contributed by atoms with van der Waals surface area (Å²) in [6.07, 6.45) is -19.5. The SMILES string of the molecule is O=P(O)(O)O[C@@H]1[C@H](OP(=O)(O)OP(=O)(O)O)[C@H](OP(=O)(O)O)[C@@H](OP(=O)(O)O)[C@H](O)[C@H]1OP(=O)(O)OP(=O)(O)O. The van der Waals surface area contributed by atoms with Crippen LogP contribution in [0, 0.1) is 0 Å². The van der Waals surface area contributed by atoms with E-state index in [-0.39, 0.29) is 0 Å². The van der Waals surface area contributed by atoms with E-state index >= 15 is 0 Å². The molecule has 0 amide bonds. The van der Waals surface area contributed by atoms with Crippen LogP contribution in [-0.2, 0) is 63.2 Å². The van der Waals surface area contributed by atoms with Gasteiger partial charge in [-0.1, -0.05) is 0 Å². The first-order chi connectivity index (χ1) is 17.3. The summed E-state index contributed by atoms with van der Waals surface area (Å²) in [5.74, 6) is 0. The fraction of sp³-hybridized carbons (Fsp3) is 1.00. The maximum atomic E-state index is 12.2. The summed E-state index contributed by atoms with van der Waals surface area (Å²) < 4.78 is 108. The van der Waals surface area contributed by atoms with E-state index in [1.807, 2.05) is 0 Å². The largest absolute Gasteiger partial charge is 0.481 e. The molecule has 0 heterocycles. The predicted octanol–water partition coefficient (Wildman–Crippen LogP) is -3.02. The van der Waals surface area contributed by atoms with Crippen LogP contribution in [0.2, 0.25) is 0 Å². The molecule has 8 atom stereocenters. The standard InChI is InChI=1S/C6H19O27P7/c7-1-2(27-34(8,9)10)4(28-35(11,12)13)6(31-40(25,26)33-38(20,21)22)5(29-36(14,15)16)3(1)30-39(23,24)32-37(17,18)19/h1-7H,(H,23,24)(H,25,26)(H2,8,9,10)(H2,11,12,13)(H2,14,15,16)(H2,17,18,19)(H2,20,21,22)/t1-,2-,3+,4+,5-,6+/m0/s1. The normalized spacial score (nSPS) is 30.4. The number of aliphatic hydroxyl groups excluding tert-OH is 1. The van der Waals surface area contributed by atoms with Crippen LogP contribution >= 0.6 is 54.8 Å². The minimum Gasteiger partial charge on any atom is -0.387 e. The van der Waals surface area contributed by atoms with Crippen molar-refractivity contribution in [1.82, 2.24) is 0 Å². The average Bonchev–Trinajstić information content (AvgIpc) is 2.57. The molecule has 2 unspecified atom stereocenters. The molecule has 27 nitrogen and oxygen atoms in total. The Labute approximate surface area is 219 Å². The van der Waals surface area contributed by atoms with Crippen LogP contribution in [0.15, 0.2) is 0 Å². The third-order valence-electron chi connectivity index (χ3n) is 3.67. The summed E-state index contributed by atoms with van der Waals surface area (Å²) in [7, 11) is -43.0. The molecule has 13 N–H and O–H groups in total. The Balaban J connectivity index is 3.95. The topological polar surface area (TPSA) is 447 Å². The maximum Gasteiger partial charge on any atom is 0.481 e. The Bertz CT molecular complexity index is 1230. The highest BCUT2D eigenvalue weighted by molar-refractivity contribution is 7.61. The Morgan fingerprint density at radius 1 is 0.350 bits per heavy atom. The molecule has 240 valence electrons. The Hall–Kier alpha value is 0.810. The van der Waals surface area contributed by atoms with Crippen molar-refractivity contribution < 1.29 is 127 Å². The summed E-state index contributed by atoms with van der Waals surface area (Å²) in [5.41, 5.74) is 0. The van der Waals surface area contributed by atoms with E-state index < -0.39 is 91.4 Å². The highest BCUT2D eigenvalue weighted by Crippen LogP contribution is 2.63. The lowest BCUT2D eigenvalue weighted by Gasteiger charge is -2.47. The predicted molar refractivity (Wildman–Crippen MR) is 112 cm³/mol. The molecule has 0 aromatic carbocycles. The summed E-state index contributed by atoms with van der Waals surface area (Å²) >= 11 is 0. The van der Waals surface area contributed by atoms with Gasteiger partial charge in [0.2, 0.25) is 0 Å². The van der Waals surface area contributed by atoms with E-state index in [1.165, 1.54) is 0 Å². The summed E-state index contributed by atoms with van der Waals surface area (Å²) in [6, 6.07) is 0. The molecule has 1 saturated carbocycles. The summed E-state index contributed by atoms with van der Waals surface area (Å²) in [5, 5.41) is 10.5. The lowest BCUT2D eigenvalue weighted by molar-refractivity contribution is -0.205. The van der Waals surface area contributed by atoms with Crippen molar-refractivity contribution in [2.24, 2.45) is 0 Å². The van der Waals surface area contributed by atoms with Crippen molar-refractivity contribution in [1.29, 1.82) is 0 Å². The van der Waals surface area contributed by atoms with Gasteiger partial charge in [0, 0.05) is 0 Å². The van der Waals surface area contributed by atoms with Gasteiger partial charge in [-0.05, 0) is 0 Å². The monoisotopic (exact) mass is 740 g/mol. The Morgan fingerprint density at radius 2 is 0.575 bits per heavy atom. The van der Waals surface area contributed by atoms with Crippen LogP contribution in [0.25, 0.3) is 0 Å². The quantitative estimate of drug-likeness (QED) is 0.0788. The van der Waals surface area contributed by atoms with Crippen molar-refractivity contribution in [3.63, 3.8) is 0 Å². The summed E-state index contributed by atoms with van der Waals surface area (Å²) in [4.78, 5) is 109. The minimum absolute atomic E-state index is 3.16. The molecule has 1 rings (SSSR count). The molecular weight excluding hydrogens is 721 g/mol. The molecule has 40 heavy (non-hydrogen) atoms. The van der Waals surface area contributed by atoms with E-state index in [0.717, 1.165) is 0 Å². The van der Waals surface area contributed by atoms with Gasteiger partial charge in [0.05, 0.1) is 0 Å². The second kappa shape index (κ2) is 13.0. The van der Waals surface area contributed by atoms with E-state index in [0.29, 0.717) is 0 Å². The Kier molecular flexibility index (Phi) is 12.7. The molecule has 0 bridgehead atoms. The fourth-order valence-electron chi connectivity index (χ4n) is 2.83. The number of rotatable bonds is 14. The van der Waals surface area contributed by atoms with Crippen molar-refractivity contribution in [2.75, 3.05) is 0 Å². The van der Waals surface area contributed by atoms with Gasteiger partial charge in [-0.25, -0.2) is 32.0 Å². The molecule has 1 aliphatic rings. The second-order valence-electron chi connectivity index (χ2n) is 6.89. The van der Waals surface area contributed by atoms with Crippen molar-refractivity contribution in [3.8, 4) is 0 Å². The van der Waals surface area contributed by atoms with Gasteiger partial charge >= 0.3 is 54.8 Å². The smallest absolute Gasteiger partial charge is 0.387 e.